The van der Waals surface area contributed by atoms with Crippen LogP contribution in [0.1, 0.15) is 17.5 Å². The fourth-order valence-electron chi connectivity index (χ4n) is 3.29. The Hall–Kier alpha value is -2.82. The number of ether oxygens (including phenoxy) is 1. The van der Waals surface area contributed by atoms with Crippen molar-refractivity contribution in [1.82, 2.24) is 9.80 Å². The van der Waals surface area contributed by atoms with Gasteiger partial charge in [0.25, 0.3) is 0 Å². The maximum atomic E-state index is 12.7. The summed E-state index contributed by atoms with van der Waals surface area (Å²) in [4.78, 5) is 28.5. The number of amides is 2. The van der Waals surface area contributed by atoms with E-state index in [1.165, 1.54) is 0 Å². The van der Waals surface area contributed by atoms with Gasteiger partial charge in [0.15, 0.2) is 0 Å². The van der Waals surface area contributed by atoms with E-state index in [2.05, 4.69) is 0 Å². The summed E-state index contributed by atoms with van der Waals surface area (Å²) >= 11 is 0. The maximum Gasteiger partial charge on any atom is 0.228 e. The Bertz CT molecular complexity index is 759. The predicted molar refractivity (Wildman–Crippen MR) is 99.4 cm³/mol. The molecule has 0 spiro atoms. The standard InChI is InChI=1S/C21H24N2O3/c1-22(13-16-6-4-3-5-7-16)21(25)18-12-20(24)23(15-18)14-17-8-10-19(26-2)11-9-17/h3-11,18H,12-15H2,1-2H3. The quantitative estimate of drug-likeness (QED) is 0.803. The number of benzene rings is 2. The lowest BCUT2D eigenvalue weighted by atomic mass is 10.1. The second-order valence-electron chi connectivity index (χ2n) is 6.70. The van der Waals surface area contributed by atoms with E-state index in [1.54, 1.807) is 24.0 Å². The molecule has 3 rings (SSSR count). The van der Waals surface area contributed by atoms with Gasteiger partial charge < -0.3 is 14.5 Å². The van der Waals surface area contributed by atoms with Crippen molar-refractivity contribution in [2.75, 3.05) is 20.7 Å². The molecule has 1 heterocycles. The van der Waals surface area contributed by atoms with Crippen molar-refractivity contribution >= 4 is 11.8 Å². The Kier molecular flexibility index (Phi) is 5.56. The molecule has 136 valence electrons. The number of hydrogen-bond acceptors (Lipinski definition) is 3. The van der Waals surface area contributed by atoms with Gasteiger partial charge in [-0.3, -0.25) is 9.59 Å². The Morgan fingerprint density at radius 3 is 2.46 bits per heavy atom. The first-order valence-corrected chi connectivity index (χ1v) is 8.76. The molecule has 1 saturated heterocycles. The van der Waals surface area contributed by atoms with Crippen LogP contribution in [0.5, 0.6) is 5.75 Å². The fraction of sp³-hybridized carbons (Fsp3) is 0.333. The second-order valence-corrected chi connectivity index (χ2v) is 6.70. The molecule has 26 heavy (non-hydrogen) atoms. The molecule has 2 amide bonds. The number of nitrogens with zero attached hydrogens (tertiary/aromatic N) is 2. The van der Waals surface area contributed by atoms with Crippen LogP contribution in [-0.2, 0) is 22.7 Å². The van der Waals surface area contributed by atoms with Gasteiger partial charge in [-0.2, -0.15) is 0 Å². The average Bonchev–Trinajstić information content (AvgIpc) is 3.03. The number of rotatable bonds is 6. The number of hydrogen-bond donors (Lipinski definition) is 0. The van der Waals surface area contributed by atoms with Gasteiger partial charge >= 0.3 is 0 Å². The molecule has 2 aromatic carbocycles. The zero-order chi connectivity index (χ0) is 18.5. The highest BCUT2D eigenvalue weighted by molar-refractivity contribution is 5.89. The molecule has 5 heteroatoms. The zero-order valence-corrected chi connectivity index (χ0v) is 15.2. The first-order chi connectivity index (χ1) is 12.6. The van der Waals surface area contributed by atoms with E-state index in [0.29, 0.717) is 19.6 Å². The Labute approximate surface area is 154 Å². The lowest BCUT2D eigenvalue weighted by Crippen LogP contribution is -2.34. The van der Waals surface area contributed by atoms with Gasteiger partial charge in [-0.05, 0) is 23.3 Å². The summed E-state index contributed by atoms with van der Waals surface area (Å²) in [5.41, 5.74) is 2.12. The molecule has 2 aromatic rings. The van der Waals surface area contributed by atoms with Gasteiger partial charge in [-0.1, -0.05) is 42.5 Å². The van der Waals surface area contributed by atoms with Crippen molar-refractivity contribution in [3.8, 4) is 5.75 Å². The van der Waals surface area contributed by atoms with Crippen LogP contribution in [0.25, 0.3) is 0 Å². The van der Waals surface area contributed by atoms with Gasteiger partial charge in [0.05, 0.1) is 13.0 Å². The molecule has 1 atom stereocenters. The molecular weight excluding hydrogens is 328 g/mol. The summed E-state index contributed by atoms with van der Waals surface area (Å²) in [6.45, 7) is 1.56. The topological polar surface area (TPSA) is 49.9 Å². The summed E-state index contributed by atoms with van der Waals surface area (Å²) in [5.74, 6) is 0.582. The number of carbonyl (C=O) groups excluding carboxylic acids is 2. The molecule has 1 aliphatic heterocycles. The first kappa shape index (κ1) is 18.0. The van der Waals surface area contributed by atoms with Crippen LogP contribution in [0, 0.1) is 5.92 Å². The van der Waals surface area contributed by atoms with Crippen LogP contribution >= 0.6 is 0 Å². The van der Waals surface area contributed by atoms with Crippen molar-refractivity contribution in [3.63, 3.8) is 0 Å². The lowest BCUT2D eigenvalue weighted by molar-refractivity contribution is -0.135. The summed E-state index contributed by atoms with van der Waals surface area (Å²) in [6.07, 6.45) is 0.286. The molecule has 1 fully saturated rings. The number of likely N-dealkylation sites (tertiary alicyclic amines) is 1. The maximum absolute atomic E-state index is 12.7. The Balaban J connectivity index is 1.58. The normalized spacial score (nSPS) is 16.6. The molecule has 0 radical (unpaired) electrons. The van der Waals surface area contributed by atoms with E-state index < -0.39 is 0 Å². The highest BCUT2D eigenvalue weighted by atomic mass is 16.5. The third kappa shape index (κ3) is 4.23. The van der Waals surface area contributed by atoms with Crippen molar-refractivity contribution < 1.29 is 14.3 Å². The lowest BCUT2D eigenvalue weighted by Gasteiger charge is -2.21. The van der Waals surface area contributed by atoms with Gasteiger partial charge in [-0.25, -0.2) is 0 Å². The van der Waals surface area contributed by atoms with E-state index in [0.717, 1.165) is 16.9 Å². The number of methoxy groups -OCH3 is 1. The third-order valence-corrected chi connectivity index (χ3v) is 4.74. The molecular formula is C21H24N2O3. The van der Waals surface area contributed by atoms with Gasteiger partial charge in [0, 0.05) is 33.1 Å². The van der Waals surface area contributed by atoms with Gasteiger partial charge in [0.1, 0.15) is 5.75 Å². The Morgan fingerprint density at radius 1 is 1.12 bits per heavy atom. The van der Waals surface area contributed by atoms with E-state index >= 15 is 0 Å². The summed E-state index contributed by atoms with van der Waals surface area (Å²) in [6, 6.07) is 17.5. The Morgan fingerprint density at radius 2 is 1.81 bits per heavy atom. The summed E-state index contributed by atoms with van der Waals surface area (Å²) in [7, 11) is 3.42. The highest BCUT2D eigenvalue weighted by Crippen LogP contribution is 2.23. The average molecular weight is 352 g/mol. The molecule has 1 aliphatic rings. The largest absolute Gasteiger partial charge is 0.497 e. The van der Waals surface area contributed by atoms with Crippen LogP contribution < -0.4 is 4.74 Å². The molecule has 0 N–H and O–H groups in total. The minimum absolute atomic E-state index is 0.0273. The SMILES string of the molecule is COc1ccc(CN2CC(C(=O)N(C)Cc3ccccc3)CC2=O)cc1. The predicted octanol–water partition coefficient (Wildman–Crippen LogP) is 2.70. The zero-order valence-electron chi connectivity index (χ0n) is 15.2. The first-order valence-electron chi connectivity index (χ1n) is 8.76. The molecule has 0 saturated carbocycles. The van der Waals surface area contributed by atoms with Crippen LogP contribution in [-0.4, -0.2) is 42.3 Å². The van der Waals surface area contributed by atoms with E-state index in [4.69, 9.17) is 4.74 Å². The van der Waals surface area contributed by atoms with Crippen molar-refractivity contribution in [2.24, 2.45) is 5.92 Å². The van der Waals surface area contributed by atoms with Crippen molar-refractivity contribution in [1.29, 1.82) is 0 Å². The molecule has 0 aliphatic carbocycles. The minimum Gasteiger partial charge on any atom is -0.497 e. The third-order valence-electron chi connectivity index (χ3n) is 4.74. The molecule has 5 nitrogen and oxygen atoms in total. The second kappa shape index (κ2) is 8.04. The molecule has 1 unspecified atom stereocenters. The summed E-state index contributed by atoms with van der Waals surface area (Å²) in [5, 5.41) is 0. The van der Waals surface area contributed by atoms with Crippen LogP contribution in [0.2, 0.25) is 0 Å². The van der Waals surface area contributed by atoms with Gasteiger partial charge in [-0.15, -0.1) is 0 Å². The van der Waals surface area contributed by atoms with Crippen molar-refractivity contribution in [2.45, 2.75) is 19.5 Å². The van der Waals surface area contributed by atoms with E-state index in [9.17, 15) is 9.59 Å². The van der Waals surface area contributed by atoms with Crippen LogP contribution in [0.4, 0.5) is 0 Å². The monoisotopic (exact) mass is 352 g/mol. The minimum atomic E-state index is -0.269. The van der Waals surface area contributed by atoms with E-state index in [-0.39, 0.29) is 24.2 Å². The van der Waals surface area contributed by atoms with Crippen LogP contribution in [0.15, 0.2) is 54.6 Å². The van der Waals surface area contributed by atoms with Gasteiger partial charge in [0.2, 0.25) is 11.8 Å². The highest BCUT2D eigenvalue weighted by Gasteiger charge is 2.35. The molecule has 0 aromatic heterocycles. The smallest absolute Gasteiger partial charge is 0.228 e. The van der Waals surface area contributed by atoms with Crippen molar-refractivity contribution in [3.05, 3.63) is 65.7 Å². The summed E-state index contributed by atoms with van der Waals surface area (Å²) < 4.78 is 5.15. The molecule has 0 bridgehead atoms. The fourth-order valence-corrected chi connectivity index (χ4v) is 3.29. The van der Waals surface area contributed by atoms with E-state index in [1.807, 2.05) is 54.6 Å². The number of carbonyl (C=O) groups is 2. The van der Waals surface area contributed by atoms with Crippen LogP contribution in [0.3, 0.4) is 0 Å².